The maximum atomic E-state index is 12.2. The van der Waals surface area contributed by atoms with Gasteiger partial charge in [0.25, 0.3) is 0 Å². The van der Waals surface area contributed by atoms with Crippen LogP contribution >= 0.6 is 0 Å². The van der Waals surface area contributed by atoms with E-state index in [9.17, 15) is 39.5 Å². The van der Waals surface area contributed by atoms with Gasteiger partial charge in [-0.15, -0.1) is 0 Å². The third-order valence-electron chi connectivity index (χ3n) is 2.81. The standard InChI is InChI=1S/C9H12F9N3/c10-7(11,12)19-4-1-5(20-8(13,14)15)3-6(2-4)21-9(16,17)18/h4-6,19-21H,1-3H2. The van der Waals surface area contributed by atoms with Crippen LogP contribution in [0.15, 0.2) is 0 Å². The summed E-state index contributed by atoms with van der Waals surface area (Å²) < 4.78 is 110. The van der Waals surface area contributed by atoms with Gasteiger partial charge >= 0.3 is 18.9 Å². The summed E-state index contributed by atoms with van der Waals surface area (Å²) in [5, 5.41) is 3.22. The Morgan fingerprint density at radius 3 is 0.810 bits per heavy atom. The molecule has 0 aromatic rings. The molecule has 1 fully saturated rings. The van der Waals surface area contributed by atoms with Crippen molar-refractivity contribution in [2.45, 2.75) is 56.3 Å². The zero-order valence-electron chi connectivity index (χ0n) is 10.3. The fraction of sp³-hybridized carbons (Fsp3) is 1.00. The molecule has 21 heavy (non-hydrogen) atoms. The molecule has 3 N–H and O–H groups in total. The highest BCUT2D eigenvalue weighted by atomic mass is 19.4. The SMILES string of the molecule is FC(F)(F)NC1CC(NC(F)(F)F)CC(NC(F)(F)F)C1. The topological polar surface area (TPSA) is 36.1 Å². The van der Waals surface area contributed by atoms with Gasteiger partial charge in [0, 0.05) is 18.1 Å². The van der Waals surface area contributed by atoms with Crippen molar-refractivity contribution < 1.29 is 39.5 Å². The van der Waals surface area contributed by atoms with Crippen molar-refractivity contribution in [2.75, 3.05) is 0 Å². The van der Waals surface area contributed by atoms with E-state index >= 15 is 0 Å². The first-order chi connectivity index (χ1) is 9.23. The largest absolute Gasteiger partial charge is 0.457 e. The van der Waals surface area contributed by atoms with E-state index in [0.29, 0.717) is 0 Å². The zero-order valence-corrected chi connectivity index (χ0v) is 10.3. The fourth-order valence-corrected chi connectivity index (χ4v) is 2.37. The van der Waals surface area contributed by atoms with Crippen molar-refractivity contribution in [1.29, 1.82) is 0 Å². The van der Waals surface area contributed by atoms with Crippen molar-refractivity contribution >= 4 is 0 Å². The summed E-state index contributed by atoms with van der Waals surface area (Å²) in [6.07, 6.45) is -16.4. The van der Waals surface area contributed by atoms with Gasteiger partial charge in [-0.3, -0.25) is 0 Å². The molecule has 0 aromatic carbocycles. The van der Waals surface area contributed by atoms with Crippen LogP contribution in [0.2, 0.25) is 0 Å². The van der Waals surface area contributed by atoms with Crippen LogP contribution in [0.1, 0.15) is 19.3 Å². The molecule has 0 bridgehead atoms. The van der Waals surface area contributed by atoms with Crippen molar-refractivity contribution in [1.82, 2.24) is 16.0 Å². The van der Waals surface area contributed by atoms with Gasteiger partial charge in [0.05, 0.1) is 0 Å². The van der Waals surface area contributed by atoms with Gasteiger partial charge in [-0.2, -0.15) is 39.5 Å². The van der Waals surface area contributed by atoms with Crippen LogP contribution in [0, 0.1) is 0 Å². The van der Waals surface area contributed by atoms with Crippen LogP contribution in [0.3, 0.4) is 0 Å². The molecule has 0 atom stereocenters. The quantitative estimate of drug-likeness (QED) is 0.549. The van der Waals surface area contributed by atoms with Gasteiger partial charge in [-0.25, -0.2) is 16.0 Å². The van der Waals surface area contributed by atoms with Crippen molar-refractivity contribution in [3.05, 3.63) is 0 Å². The summed E-state index contributed by atoms with van der Waals surface area (Å²) in [5.41, 5.74) is 0. The van der Waals surface area contributed by atoms with E-state index in [1.165, 1.54) is 0 Å². The Bertz CT molecular complexity index is 277. The summed E-state index contributed by atoms with van der Waals surface area (Å²) in [7, 11) is 0. The first kappa shape index (κ1) is 18.3. The third-order valence-corrected chi connectivity index (χ3v) is 2.81. The molecule has 0 radical (unpaired) electrons. The third kappa shape index (κ3) is 8.31. The smallest absolute Gasteiger partial charge is 0.225 e. The summed E-state index contributed by atoms with van der Waals surface area (Å²) in [4.78, 5) is 0. The number of hydrogen-bond donors (Lipinski definition) is 3. The van der Waals surface area contributed by atoms with E-state index in [1.807, 2.05) is 0 Å². The number of rotatable bonds is 3. The molecule has 0 aliphatic heterocycles. The van der Waals surface area contributed by atoms with Crippen LogP contribution in [0.25, 0.3) is 0 Å². The van der Waals surface area contributed by atoms with E-state index in [1.54, 1.807) is 0 Å². The summed E-state index contributed by atoms with van der Waals surface area (Å²) in [6.45, 7) is 0. The Kier molecular flexibility index (Phi) is 5.37. The second kappa shape index (κ2) is 6.16. The van der Waals surface area contributed by atoms with Crippen LogP contribution in [0.5, 0.6) is 0 Å². The molecule has 3 nitrogen and oxygen atoms in total. The van der Waals surface area contributed by atoms with E-state index < -0.39 is 56.3 Å². The number of nitrogens with one attached hydrogen (secondary N) is 3. The highest BCUT2D eigenvalue weighted by Crippen LogP contribution is 2.27. The summed E-state index contributed by atoms with van der Waals surface area (Å²) >= 11 is 0. The second-order valence-corrected chi connectivity index (χ2v) is 4.72. The van der Waals surface area contributed by atoms with Gasteiger partial charge in [0.1, 0.15) is 0 Å². The first-order valence-electron chi connectivity index (χ1n) is 5.77. The van der Waals surface area contributed by atoms with Crippen LogP contribution in [0.4, 0.5) is 39.5 Å². The average molecular weight is 333 g/mol. The van der Waals surface area contributed by atoms with E-state index in [2.05, 4.69) is 0 Å². The Balaban J connectivity index is 2.73. The first-order valence-corrected chi connectivity index (χ1v) is 5.77. The number of alkyl halides is 9. The minimum Gasteiger partial charge on any atom is -0.225 e. The molecular formula is C9H12F9N3. The van der Waals surface area contributed by atoms with Gasteiger partial charge < -0.3 is 0 Å². The average Bonchev–Trinajstić information content (AvgIpc) is 2.06. The number of hydrogen-bond acceptors (Lipinski definition) is 3. The van der Waals surface area contributed by atoms with Gasteiger partial charge in [0.2, 0.25) is 0 Å². The van der Waals surface area contributed by atoms with E-state index in [-0.39, 0.29) is 0 Å². The Morgan fingerprint density at radius 2 is 0.667 bits per heavy atom. The molecule has 0 aromatic heterocycles. The molecule has 0 heterocycles. The summed E-state index contributed by atoms with van der Waals surface area (Å²) in [6, 6.07) is -4.63. The van der Waals surface area contributed by atoms with E-state index in [4.69, 9.17) is 0 Å². The normalized spacial score (nSPS) is 28.7. The Labute approximate surface area is 113 Å². The lowest BCUT2D eigenvalue weighted by molar-refractivity contribution is -0.183. The molecule has 12 heteroatoms. The minimum absolute atomic E-state index is 0.588. The lowest BCUT2D eigenvalue weighted by atomic mass is 9.87. The molecule has 1 rings (SSSR count). The van der Waals surface area contributed by atoms with Crippen LogP contribution in [-0.4, -0.2) is 37.0 Å². The lowest BCUT2D eigenvalue weighted by Crippen LogP contribution is -2.57. The maximum Gasteiger partial charge on any atom is 0.457 e. The van der Waals surface area contributed by atoms with Crippen molar-refractivity contribution in [3.63, 3.8) is 0 Å². The lowest BCUT2D eigenvalue weighted by Gasteiger charge is -2.37. The second-order valence-electron chi connectivity index (χ2n) is 4.72. The van der Waals surface area contributed by atoms with E-state index in [0.717, 1.165) is 16.0 Å². The minimum atomic E-state index is -4.88. The molecule has 1 saturated carbocycles. The molecule has 0 saturated heterocycles. The van der Waals surface area contributed by atoms with Gasteiger partial charge in [-0.1, -0.05) is 0 Å². The van der Waals surface area contributed by atoms with Crippen LogP contribution < -0.4 is 16.0 Å². The molecule has 0 unspecified atom stereocenters. The number of halogens is 9. The predicted molar refractivity (Wildman–Crippen MR) is 52.8 cm³/mol. The maximum absolute atomic E-state index is 12.2. The van der Waals surface area contributed by atoms with Crippen molar-refractivity contribution in [3.8, 4) is 0 Å². The Hall–Kier alpha value is -0.750. The van der Waals surface area contributed by atoms with Gasteiger partial charge in [-0.05, 0) is 19.3 Å². The Morgan fingerprint density at radius 1 is 0.476 bits per heavy atom. The van der Waals surface area contributed by atoms with Crippen molar-refractivity contribution in [2.24, 2.45) is 0 Å². The summed E-state index contributed by atoms with van der Waals surface area (Å²) in [5.74, 6) is 0. The molecule has 1 aliphatic rings. The van der Waals surface area contributed by atoms with Gasteiger partial charge in [0.15, 0.2) is 0 Å². The molecule has 0 amide bonds. The molecule has 1 aliphatic carbocycles. The van der Waals surface area contributed by atoms with Crippen LogP contribution in [-0.2, 0) is 0 Å². The zero-order chi connectivity index (χ0) is 16.5. The highest BCUT2D eigenvalue weighted by Gasteiger charge is 2.42. The highest BCUT2D eigenvalue weighted by molar-refractivity contribution is 4.91. The molecular weight excluding hydrogens is 321 g/mol. The molecule has 0 spiro atoms. The monoisotopic (exact) mass is 333 g/mol. The molecule has 126 valence electrons. The fourth-order valence-electron chi connectivity index (χ4n) is 2.37. The predicted octanol–water partition coefficient (Wildman–Crippen LogP) is 2.60.